The van der Waals surface area contributed by atoms with Gasteiger partial charge in [-0.1, -0.05) is 12.1 Å². The van der Waals surface area contributed by atoms with Crippen LogP contribution in [0, 0.1) is 5.92 Å². The largest absolute Gasteiger partial charge is 0.508 e. The average Bonchev–Trinajstić information content (AvgIpc) is 2.53. The summed E-state index contributed by atoms with van der Waals surface area (Å²) in [7, 11) is 1.34. The molecule has 120 valence electrons. The van der Waals surface area contributed by atoms with Crippen molar-refractivity contribution in [2.45, 2.75) is 32.1 Å². The zero-order valence-corrected chi connectivity index (χ0v) is 13.2. The minimum Gasteiger partial charge on any atom is -0.508 e. The summed E-state index contributed by atoms with van der Waals surface area (Å²) in [4.78, 5) is 29.4. The van der Waals surface area contributed by atoms with Gasteiger partial charge in [0.25, 0.3) is 0 Å². The molecule has 1 N–H and O–H groups in total. The summed E-state index contributed by atoms with van der Waals surface area (Å²) >= 11 is 0. The van der Waals surface area contributed by atoms with Crippen LogP contribution in [0.25, 0.3) is 0 Å². The number of phenolic OH excluding ortho intramolecular Hbond substituents is 1. The fraction of sp³-hybridized carbons (Fsp3) is 0.389. The Kier molecular flexibility index (Phi) is 4.03. The van der Waals surface area contributed by atoms with Gasteiger partial charge in [-0.2, -0.15) is 0 Å². The monoisotopic (exact) mass is 313 g/mol. The molecule has 0 radical (unpaired) electrons. The fourth-order valence-corrected chi connectivity index (χ4v) is 3.52. The van der Waals surface area contributed by atoms with E-state index in [2.05, 4.69) is 4.99 Å². The molecule has 1 aromatic carbocycles. The van der Waals surface area contributed by atoms with Gasteiger partial charge in [-0.05, 0) is 37.5 Å². The number of hydrogen-bond acceptors (Lipinski definition) is 5. The van der Waals surface area contributed by atoms with Gasteiger partial charge in [0.1, 0.15) is 11.7 Å². The van der Waals surface area contributed by atoms with Crippen molar-refractivity contribution >= 4 is 17.5 Å². The van der Waals surface area contributed by atoms with E-state index in [4.69, 9.17) is 4.74 Å². The van der Waals surface area contributed by atoms with E-state index in [1.807, 2.05) is 6.07 Å². The highest BCUT2D eigenvalue weighted by molar-refractivity contribution is 6.08. The normalized spacial score (nSPS) is 24.1. The number of hydrogen-bond donors (Lipinski definition) is 1. The van der Waals surface area contributed by atoms with E-state index < -0.39 is 17.8 Å². The molecule has 0 aromatic heterocycles. The molecule has 2 aliphatic rings. The van der Waals surface area contributed by atoms with Gasteiger partial charge < -0.3 is 9.84 Å². The molecule has 0 bridgehead atoms. The van der Waals surface area contributed by atoms with Crippen LogP contribution in [0.1, 0.15) is 37.7 Å². The zero-order chi connectivity index (χ0) is 16.6. The highest BCUT2D eigenvalue weighted by atomic mass is 16.5. The standard InChI is InChI=1S/C18H19NO4/c1-10-15(18(22)23-2)16(11-5-3-6-12(20)9-11)17-13(19-10)7-4-8-14(17)21/h3,5-6,9,15-16,20H,4,7-8H2,1-2H3/t15?,16-/m1/s1. The third kappa shape index (κ3) is 2.67. The van der Waals surface area contributed by atoms with E-state index in [-0.39, 0.29) is 11.5 Å². The molecule has 0 spiro atoms. The number of phenols is 1. The maximum atomic E-state index is 12.5. The molecule has 23 heavy (non-hydrogen) atoms. The van der Waals surface area contributed by atoms with Crippen LogP contribution in [0.2, 0.25) is 0 Å². The summed E-state index contributed by atoms with van der Waals surface area (Å²) in [5.41, 5.74) is 2.76. The highest BCUT2D eigenvalue weighted by Crippen LogP contribution is 2.43. The molecule has 5 heteroatoms. The first-order chi connectivity index (χ1) is 11.0. The van der Waals surface area contributed by atoms with E-state index in [0.29, 0.717) is 17.7 Å². The van der Waals surface area contributed by atoms with E-state index in [1.165, 1.54) is 7.11 Å². The smallest absolute Gasteiger partial charge is 0.315 e. The Hall–Kier alpha value is -2.43. The number of nitrogens with zero attached hydrogens (tertiary/aromatic N) is 1. The van der Waals surface area contributed by atoms with Crippen LogP contribution in [-0.2, 0) is 14.3 Å². The Balaban J connectivity index is 2.19. The molecule has 0 saturated carbocycles. The lowest BCUT2D eigenvalue weighted by Crippen LogP contribution is -2.36. The summed E-state index contributed by atoms with van der Waals surface area (Å²) in [6.07, 6.45) is 1.99. The van der Waals surface area contributed by atoms with Crippen molar-refractivity contribution in [1.29, 1.82) is 0 Å². The summed E-state index contributed by atoms with van der Waals surface area (Å²) in [6, 6.07) is 6.71. The summed E-state index contributed by atoms with van der Waals surface area (Å²) in [6.45, 7) is 1.79. The SMILES string of the molecule is COC(=O)C1C(C)=NC2=C(C(=O)CCC2)[C@@H]1c1cccc(O)c1. The second kappa shape index (κ2) is 5.99. The number of aliphatic imine (C=N–C) groups is 1. The first kappa shape index (κ1) is 15.5. The van der Waals surface area contributed by atoms with Gasteiger partial charge in [0.05, 0.1) is 7.11 Å². The Morgan fingerprint density at radius 1 is 1.35 bits per heavy atom. The number of benzene rings is 1. The molecule has 0 fully saturated rings. The summed E-state index contributed by atoms with van der Waals surface area (Å²) in [5, 5.41) is 9.81. The van der Waals surface area contributed by atoms with Crippen molar-refractivity contribution in [2.24, 2.45) is 10.9 Å². The van der Waals surface area contributed by atoms with E-state index >= 15 is 0 Å². The third-order valence-corrected chi connectivity index (χ3v) is 4.52. The first-order valence-electron chi connectivity index (χ1n) is 7.71. The average molecular weight is 313 g/mol. The molecule has 1 aliphatic carbocycles. The van der Waals surface area contributed by atoms with Gasteiger partial charge in [0.2, 0.25) is 0 Å². The van der Waals surface area contributed by atoms with E-state index in [0.717, 1.165) is 24.1 Å². The Labute approximate surface area is 134 Å². The molecule has 1 aromatic rings. The fourth-order valence-electron chi connectivity index (χ4n) is 3.52. The van der Waals surface area contributed by atoms with Crippen molar-refractivity contribution in [3.63, 3.8) is 0 Å². The van der Waals surface area contributed by atoms with Crippen molar-refractivity contribution < 1.29 is 19.4 Å². The number of aromatic hydroxyl groups is 1. The van der Waals surface area contributed by atoms with Gasteiger partial charge in [-0.15, -0.1) is 0 Å². The molecule has 3 rings (SSSR count). The maximum absolute atomic E-state index is 12.5. The second-order valence-corrected chi connectivity index (χ2v) is 5.96. The Morgan fingerprint density at radius 2 is 2.13 bits per heavy atom. The number of esters is 1. The zero-order valence-electron chi connectivity index (χ0n) is 13.2. The van der Waals surface area contributed by atoms with Crippen molar-refractivity contribution in [3.05, 3.63) is 41.1 Å². The van der Waals surface area contributed by atoms with Crippen LogP contribution in [-0.4, -0.2) is 29.7 Å². The lowest BCUT2D eigenvalue weighted by molar-refractivity contribution is -0.143. The number of carbonyl (C=O) groups excluding carboxylic acids is 2. The Morgan fingerprint density at radius 3 is 2.83 bits per heavy atom. The molecule has 2 atom stereocenters. The Bertz CT molecular complexity index is 732. The van der Waals surface area contributed by atoms with E-state index in [9.17, 15) is 14.7 Å². The lowest BCUT2D eigenvalue weighted by Gasteiger charge is -2.34. The minimum atomic E-state index is -0.636. The first-order valence-corrected chi connectivity index (χ1v) is 7.71. The molecule has 0 amide bonds. The molecule has 0 saturated heterocycles. The highest BCUT2D eigenvalue weighted by Gasteiger charge is 2.42. The topological polar surface area (TPSA) is 76.0 Å². The van der Waals surface area contributed by atoms with Crippen molar-refractivity contribution in [1.82, 2.24) is 0 Å². The molecular formula is C18H19NO4. The minimum absolute atomic E-state index is 0.0322. The number of rotatable bonds is 2. The predicted octanol–water partition coefficient (Wildman–Crippen LogP) is 2.75. The number of ketones is 1. The van der Waals surface area contributed by atoms with Crippen molar-refractivity contribution in [3.8, 4) is 5.75 Å². The van der Waals surface area contributed by atoms with Gasteiger partial charge in [-0.25, -0.2) is 0 Å². The summed E-state index contributed by atoms with van der Waals surface area (Å²) < 4.78 is 4.94. The third-order valence-electron chi connectivity index (χ3n) is 4.52. The molecule has 1 aliphatic heterocycles. The quantitative estimate of drug-likeness (QED) is 0.852. The van der Waals surface area contributed by atoms with Crippen LogP contribution in [0.3, 0.4) is 0 Å². The van der Waals surface area contributed by atoms with Gasteiger partial charge in [0.15, 0.2) is 5.78 Å². The van der Waals surface area contributed by atoms with Gasteiger partial charge >= 0.3 is 5.97 Å². The van der Waals surface area contributed by atoms with Crippen LogP contribution < -0.4 is 0 Å². The second-order valence-electron chi connectivity index (χ2n) is 5.96. The van der Waals surface area contributed by atoms with Crippen LogP contribution in [0.4, 0.5) is 0 Å². The number of carbonyl (C=O) groups is 2. The van der Waals surface area contributed by atoms with Crippen LogP contribution in [0.15, 0.2) is 40.5 Å². The molecule has 1 unspecified atom stereocenters. The number of ether oxygens (including phenoxy) is 1. The van der Waals surface area contributed by atoms with Crippen molar-refractivity contribution in [2.75, 3.05) is 7.11 Å². The van der Waals surface area contributed by atoms with Gasteiger partial charge in [-0.3, -0.25) is 14.6 Å². The van der Waals surface area contributed by atoms with Gasteiger partial charge in [0, 0.05) is 29.3 Å². The predicted molar refractivity (Wildman–Crippen MR) is 85.3 cm³/mol. The lowest BCUT2D eigenvalue weighted by atomic mass is 9.72. The number of methoxy groups -OCH3 is 1. The number of allylic oxidation sites excluding steroid dienone is 2. The maximum Gasteiger partial charge on any atom is 0.315 e. The summed E-state index contributed by atoms with van der Waals surface area (Å²) in [5.74, 6) is -1.36. The van der Waals surface area contributed by atoms with E-state index in [1.54, 1.807) is 25.1 Å². The molecule has 1 heterocycles. The van der Waals surface area contributed by atoms with Crippen LogP contribution in [0.5, 0.6) is 5.75 Å². The molecular weight excluding hydrogens is 294 g/mol. The number of Topliss-reactive ketones (excluding diaryl/α,β-unsaturated/α-hetero) is 1. The molecule has 5 nitrogen and oxygen atoms in total. The van der Waals surface area contributed by atoms with Crippen LogP contribution >= 0.6 is 0 Å².